The highest BCUT2D eigenvalue weighted by atomic mass is 79.9. The van der Waals surface area contributed by atoms with Crippen LogP contribution in [-0.4, -0.2) is 11.9 Å². The summed E-state index contributed by atoms with van der Waals surface area (Å²) in [6.45, 7) is 3.91. The molecule has 0 saturated heterocycles. The summed E-state index contributed by atoms with van der Waals surface area (Å²) in [6, 6.07) is 13.3. The van der Waals surface area contributed by atoms with Gasteiger partial charge in [0.25, 0.3) is 5.91 Å². The van der Waals surface area contributed by atoms with E-state index in [4.69, 9.17) is 11.6 Å². The van der Waals surface area contributed by atoms with Gasteiger partial charge in [0.2, 0.25) is 0 Å². The van der Waals surface area contributed by atoms with Gasteiger partial charge in [0.15, 0.2) is 0 Å². The Morgan fingerprint density at radius 3 is 2.67 bits per heavy atom. The van der Waals surface area contributed by atoms with Crippen molar-refractivity contribution in [3.8, 4) is 0 Å². The average Bonchev–Trinajstić information content (AvgIpc) is 2.44. The highest BCUT2D eigenvalue weighted by Gasteiger charge is 2.14. The second kappa shape index (κ2) is 7.10. The number of halogens is 2. The molecule has 1 atom stereocenters. The predicted octanol–water partition coefficient (Wildman–Crippen LogP) is 4.77. The van der Waals surface area contributed by atoms with Crippen molar-refractivity contribution in [3.63, 3.8) is 0 Å². The Morgan fingerprint density at radius 2 is 1.95 bits per heavy atom. The van der Waals surface area contributed by atoms with Crippen LogP contribution in [0.1, 0.15) is 28.4 Å². The third-order valence-electron chi connectivity index (χ3n) is 3.37. The standard InChI is InChI=1S/C17H17BrClNO/c1-11(10-13-6-3-4-9-16(13)19)20-17(21)14-7-5-8-15(18)12(14)2/h3-9,11H,10H2,1-2H3,(H,20,21). The number of amides is 1. The topological polar surface area (TPSA) is 29.1 Å². The molecule has 0 fully saturated rings. The maximum Gasteiger partial charge on any atom is 0.251 e. The van der Waals surface area contributed by atoms with E-state index >= 15 is 0 Å². The van der Waals surface area contributed by atoms with Crippen LogP contribution in [0.3, 0.4) is 0 Å². The molecule has 0 bridgehead atoms. The van der Waals surface area contributed by atoms with Crippen LogP contribution in [0.5, 0.6) is 0 Å². The van der Waals surface area contributed by atoms with Gasteiger partial charge in [0.05, 0.1) is 0 Å². The van der Waals surface area contributed by atoms with Crippen LogP contribution >= 0.6 is 27.5 Å². The van der Waals surface area contributed by atoms with Gasteiger partial charge in [-0.2, -0.15) is 0 Å². The van der Waals surface area contributed by atoms with Crippen molar-refractivity contribution in [1.29, 1.82) is 0 Å². The number of carbonyl (C=O) groups excluding carboxylic acids is 1. The molecule has 2 rings (SSSR count). The normalized spacial score (nSPS) is 12.0. The van der Waals surface area contributed by atoms with Crippen LogP contribution in [0.2, 0.25) is 5.02 Å². The zero-order chi connectivity index (χ0) is 15.4. The highest BCUT2D eigenvalue weighted by molar-refractivity contribution is 9.10. The summed E-state index contributed by atoms with van der Waals surface area (Å²) in [6.07, 6.45) is 0.707. The minimum Gasteiger partial charge on any atom is -0.349 e. The van der Waals surface area contributed by atoms with Gasteiger partial charge in [-0.3, -0.25) is 4.79 Å². The molecular weight excluding hydrogens is 350 g/mol. The lowest BCUT2D eigenvalue weighted by molar-refractivity contribution is 0.0939. The summed E-state index contributed by atoms with van der Waals surface area (Å²) in [5.41, 5.74) is 2.67. The van der Waals surface area contributed by atoms with Crippen molar-refractivity contribution in [2.45, 2.75) is 26.3 Å². The first-order chi connectivity index (χ1) is 9.99. The molecule has 0 aliphatic heterocycles. The number of hydrogen-bond donors (Lipinski definition) is 1. The Balaban J connectivity index is 2.06. The van der Waals surface area contributed by atoms with Gasteiger partial charge in [-0.15, -0.1) is 0 Å². The number of benzene rings is 2. The molecule has 0 aliphatic rings. The van der Waals surface area contributed by atoms with E-state index in [1.165, 1.54) is 0 Å². The van der Waals surface area contributed by atoms with E-state index in [9.17, 15) is 4.79 Å². The van der Waals surface area contributed by atoms with E-state index in [1.807, 2.05) is 56.3 Å². The lowest BCUT2D eigenvalue weighted by Crippen LogP contribution is -2.34. The smallest absolute Gasteiger partial charge is 0.251 e. The largest absolute Gasteiger partial charge is 0.349 e. The van der Waals surface area contributed by atoms with E-state index in [2.05, 4.69) is 21.2 Å². The van der Waals surface area contributed by atoms with Crippen LogP contribution in [-0.2, 0) is 6.42 Å². The fourth-order valence-electron chi connectivity index (χ4n) is 2.20. The molecule has 1 amide bonds. The van der Waals surface area contributed by atoms with Crippen LogP contribution in [0.15, 0.2) is 46.9 Å². The van der Waals surface area contributed by atoms with Crippen molar-refractivity contribution in [1.82, 2.24) is 5.32 Å². The Hall–Kier alpha value is -1.32. The zero-order valence-electron chi connectivity index (χ0n) is 12.0. The van der Waals surface area contributed by atoms with E-state index in [0.29, 0.717) is 12.0 Å². The van der Waals surface area contributed by atoms with E-state index in [0.717, 1.165) is 20.6 Å². The quantitative estimate of drug-likeness (QED) is 0.829. The van der Waals surface area contributed by atoms with Crippen LogP contribution < -0.4 is 5.32 Å². The summed E-state index contributed by atoms with van der Waals surface area (Å²) in [4.78, 5) is 12.3. The van der Waals surface area contributed by atoms with Crippen LogP contribution in [0.4, 0.5) is 0 Å². The molecule has 0 aliphatic carbocycles. The molecule has 1 N–H and O–H groups in total. The van der Waals surface area contributed by atoms with Crippen LogP contribution in [0, 0.1) is 6.92 Å². The van der Waals surface area contributed by atoms with Gasteiger partial charge in [0.1, 0.15) is 0 Å². The maximum absolute atomic E-state index is 12.3. The molecule has 0 spiro atoms. The van der Waals surface area contributed by atoms with Crippen molar-refractivity contribution >= 4 is 33.4 Å². The van der Waals surface area contributed by atoms with Crippen molar-refractivity contribution in [3.05, 3.63) is 68.7 Å². The average molecular weight is 367 g/mol. The first-order valence-corrected chi connectivity index (χ1v) is 7.95. The minimum atomic E-state index is -0.0617. The summed E-state index contributed by atoms with van der Waals surface area (Å²) in [5.74, 6) is -0.0617. The number of carbonyl (C=O) groups is 1. The molecule has 2 aromatic carbocycles. The summed E-state index contributed by atoms with van der Waals surface area (Å²) in [5, 5.41) is 3.76. The van der Waals surface area contributed by atoms with E-state index < -0.39 is 0 Å². The van der Waals surface area contributed by atoms with Crippen molar-refractivity contribution in [2.75, 3.05) is 0 Å². The molecule has 21 heavy (non-hydrogen) atoms. The summed E-state index contributed by atoms with van der Waals surface area (Å²) < 4.78 is 0.939. The number of nitrogens with one attached hydrogen (secondary N) is 1. The highest BCUT2D eigenvalue weighted by Crippen LogP contribution is 2.20. The first-order valence-electron chi connectivity index (χ1n) is 6.78. The first kappa shape index (κ1) is 16.1. The SMILES string of the molecule is Cc1c(Br)cccc1C(=O)NC(C)Cc1ccccc1Cl. The Kier molecular flexibility index (Phi) is 5.43. The third-order valence-corrected chi connectivity index (χ3v) is 4.60. The maximum atomic E-state index is 12.3. The third kappa shape index (κ3) is 4.08. The molecule has 1 unspecified atom stereocenters. The monoisotopic (exact) mass is 365 g/mol. The van der Waals surface area contributed by atoms with Crippen molar-refractivity contribution < 1.29 is 4.79 Å². The fraction of sp³-hybridized carbons (Fsp3) is 0.235. The molecular formula is C17H17BrClNO. The second-order valence-electron chi connectivity index (χ2n) is 5.08. The molecule has 0 aromatic heterocycles. The molecule has 0 saturated carbocycles. The predicted molar refractivity (Wildman–Crippen MR) is 91.0 cm³/mol. The summed E-state index contributed by atoms with van der Waals surface area (Å²) >= 11 is 9.60. The second-order valence-corrected chi connectivity index (χ2v) is 6.34. The van der Waals surface area contributed by atoms with Gasteiger partial charge < -0.3 is 5.32 Å². The van der Waals surface area contributed by atoms with E-state index in [-0.39, 0.29) is 11.9 Å². The van der Waals surface area contributed by atoms with Gasteiger partial charge in [0, 0.05) is 21.1 Å². The minimum absolute atomic E-state index is 0.00998. The molecule has 4 heteroatoms. The Labute approximate surface area is 138 Å². The molecule has 0 radical (unpaired) electrons. The molecule has 110 valence electrons. The zero-order valence-corrected chi connectivity index (χ0v) is 14.3. The lowest BCUT2D eigenvalue weighted by atomic mass is 10.1. The van der Waals surface area contributed by atoms with Crippen LogP contribution in [0.25, 0.3) is 0 Å². The van der Waals surface area contributed by atoms with Gasteiger partial charge >= 0.3 is 0 Å². The van der Waals surface area contributed by atoms with Gasteiger partial charge in [-0.05, 0) is 49.6 Å². The number of hydrogen-bond acceptors (Lipinski definition) is 1. The van der Waals surface area contributed by atoms with Gasteiger partial charge in [-0.1, -0.05) is 51.8 Å². The molecule has 0 heterocycles. The van der Waals surface area contributed by atoms with E-state index in [1.54, 1.807) is 0 Å². The van der Waals surface area contributed by atoms with Crippen molar-refractivity contribution in [2.24, 2.45) is 0 Å². The molecule has 2 aromatic rings. The number of rotatable bonds is 4. The fourth-order valence-corrected chi connectivity index (χ4v) is 2.78. The Morgan fingerprint density at radius 1 is 1.24 bits per heavy atom. The van der Waals surface area contributed by atoms with Gasteiger partial charge in [-0.25, -0.2) is 0 Å². The Bertz CT molecular complexity index is 657. The molecule has 2 nitrogen and oxygen atoms in total. The lowest BCUT2D eigenvalue weighted by Gasteiger charge is -2.16. The summed E-state index contributed by atoms with van der Waals surface area (Å²) in [7, 11) is 0.